The van der Waals surface area contributed by atoms with Crippen LogP contribution in [0.3, 0.4) is 0 Å². The third-order valence-corrected chi connectivity index (χ3v) is 9.48. The molecule has 0 saturated heterocycles. The second kappa shape index (κ2) is 10.6. The Bertz CT molecular complexity index is 1540. The molecule has 6 rings (SSSR count). The van der Waals surface area contributed by atoms with Crippen LogP contribution in [0.2, 0.25) is 0 Å². The first kappa shape index (κ1) is 27.5. The van der Waals surface area contributed by atoms with E-state index in [1.165, 1.54) is 5.56 Å². The van der Waals surface area contributed by atoms with E-state index in [9.17, 15) is 14.7 Å². The van der Waals surface area contributed by atoms with Gasteiger partial charge in [0.1, 0.15) is 11.4 Å². The minimum absolute atomic E-state index is 0.0162. The number of ketones is 1. The van der Waals surface area contributed by atoms with Crippen molar-refractivity contribution in [1.82, 2.24) is 4.57 Å². The number of ether oxygens (including phenoxy) is 2. The number of methoxy groups -OCH3 is 1. The highest BCUT2D eigenvalue weighted by atomic mass is 19.1. The molecule has 2 aromatic carbocycles. The van der Waals surface area contributed by atoms with Gasteiger partial charge in [-0.05, 0) is 80.0 Å². The molecule has 4 atom stereocenters. The number of carboxylic acid groups (broad SMARTS) is 1. The van der Waals surface area contributed by atoms with Crippen molar-refractivity contribution in [3.05, 3.63) is 70.9 Å². The predicted octanol–water partition coefficient (Wildman–Crippen LogP) is 5.86. The number of aryl methyl sites for hydroxylation is 1. The van der Waals surface area contributed by atoms with Gasteiger partial charge < -0.3 is 24.9 Å². The molecule has 4 unspecified atom stereocenters. The summed E-state index contributed by atoms with van der Waals surface area (Å²) < 4.78 is 29.3. The molecule has 216 valence electrons. The maximum atomic E-state index is 16.0. The van der Waals surface area contributed by atoms with Crippen molar-refractivity contribution in [2.45, 2.75) is 50.1 Å². The molecule has 0 amide bonds. The van der Waals surface area contributed by atoms with Crippen LogP contribution in [0, 0.1) is 17.8 Å². The first-order chi connectivity index (χ1) is 19.7. The molecule has 0 radical (unpaired) electrons. The molecule has 3 saturated carbocycles. The molecule has 3 N–H and O–H groups in total. The third kappa shape index (κ3) is 5.14. The number of carboxylic acids is 1. The fraction of sp³-hybridized carbons (Fsp3) is 0.455. The van der Waals surface area contributed by atoms with E-state index in [0.29, 0.717) is 52.8 Å². The lowest BCUT2D eigenvalue weighted by Gasteiger charge is -2.52. The van der Waals surface area contributed by atoms with Crippen molar-refractivity contribution >= 4 is 28.4 Å². The van der Waals surface area contributed by atoms with Gasteiger partial charge in [-0.15, -0.1) is 0 Å². The first-order valence-corrected chi connectivity index (χ1v) is 14.4. The molecule has 1 heterocycles. The van der Waals surface area contributed by atoms with Gasteiger partial charge in [-0.3, -0.25) is 4.79 Å². The van der Waals surface area contributed by atoms with Crippen molar-refractivity contribution in [1.29, 1.82) is 0 Å². The lowest BCUT2D eigenvalue weighted by molar-refractivity contribution is -0.117. The van der Waals surface area contributed by atoms with Gasteiger partial charge in [-0.1, -0.05) is 24.3 Å². The number of aromatic nitrogens is 1. The van der Waals surface area contributed by atoms with Crippen LogP contribution >= 0.6 is 0 Å². The van der Waals surface area contributed by atoms with Crippen molar-refractivity contribution in [3.63, 3.8) is 0 Å². The van der Waals surface area contributed by atoms with E-state index in [1.807, 2.05) is 41.9 Å². The van der Waals surface area contributed by atoms with E-state index in [-0.39, 0.29) is 30.8 Å². The highest BCUT2D eigenvalue weighted by Gasteiger charge is 2.50. The van der Waals surface area contributed by atoms with Crippen molar-refractivity contribution in [2.24, 2.45) is 30.5 Å². The molecule has 3 aliphatic carbocycles. The number of rotatable bonds is 10. The largest absolute Gasteiger partial charge is 0.496 e. The van der Waals surface area contributed by atoms with Gasteiger partial charge in [0.2, 0.25) is 0 Å². The zero-order valence-electron chi connectivity index (χ0n) is 23.6. The van der Waals surface area contributed by atoms with Crippen LogP contribution in [0.25, 0.3) is 16.6 Å². The average molecular weight is 561 g/mol. The molecule has 3 aromatic rings. The third-order valence-electron chi connectivity index (χ3n) is 9.48. The number of fused-ring (bicyclic) bond motifs is 2. The fourth-order valence-corrected chi connectivity index (χ4v) is 7.03. The van der Waals surface area contributed by atoms with E-state index < -0.39 is 11.6 Å². The van der Waals surface area contributed by atoms with Crippen LogP contribution in [-0.4, -0.2) is 47.4 Å². The zero-order valence-corrected chi connectivity index (χ0v) is 23.6. The summed E-state index contributed by atoms with van der Waals surface area (Å²) >= 11 is 0. The molecule has 3 aliphatic rings. The second-order valence-corrected chi connectivity index (χ2v) is 12.1. The molecular weight excluding hydrogens is 523 g/mol. The number of carbonyl (C=O) groups is 2. The quantitative estimate of drug-likeness (QED) is 0.301. The summed E-state index contributed by atoms with van der Waals surface area (Å²) in [4.78, 5) is 24.7. The normalized spacial score (nSPS) is 26.2. The van der Waals surface area contributed by atoms with Crippen LogP contribution in [0.1, 0.15) is 65.9 Å². The van der Waals surface area contributed by atoms with E-state index in [1.54, 1.807) is 19.4 Å². The summed E-state index contributed by atoms with van der Waals surface area (Å²) in [5, 5.41) is 10.2. The molecule has 0 spiro atoms. The molecule has 7 nitrogen and oxygen atoms in total. The van der Waals surface area contributed by atoms with Gasteiger partial charge in [0, 0.05) is 41.2 Å². The van der Waals surface area contributed by atoms with Crippen LogP contribution in [0.4, 0.5) is 4.39 Å². The number of Topliss-reactive ketones (excluding diaryl/α,β-unsaturated/α-hetero) is 1. The van der Waals surface area contributed by atoms with Crippen molar-refractivity contribution in [2.75, 3.05) is 20.3 Å². The lowest BCUT2D eigenvalue weighted by Crippen LogP contribution is -2.47. The van der Waals surface area contributed by atoms with Gasteiger partial charge >= 0.3 is 5.97 Å². The maximum Gasteiger partial charge on any atom is 0.337 e. The summed E-state index contributed by atoms with van der Waals surface area (Å²) in [6.07, 6.45) is 5.88. The number of halogens is 1. The Morgan fingerprint density at radius 3 is 2.63 bits per heavy atom. The number of aromatic carboxylic acids is 1. The van der Waals surface area contributed by atoms with Crippen molar-refractivity contribution in [3.8, 4) is 5.75 Å². The molecule has 8 heteroatoms. The Labute approximate surface area is 239 Å². The van der Waals surface area contributed by atoms with Gasteiger partial charge in [0.05, 0.1) is 31.6 Å². The molecule has 0 aliphatic heterocycles. The van der Waals surface area contributed by atoms with E-state index >= 15 is 4.39 Å². The van der Waals surface area contributed by atoms with Gasteiger partial charge in [0.15, 0.2) is 5.78 Å². The number of benzene rings is 2. The van der Waals surface area contributed by atoms with E-state index in [0.717, 1.165) is 36.6 Å². The number of carbonyl (C=O) groups excluding carboxylic acids is 1. The number of nitrogens with zero attached hydrogens (tertiary/aromatic N) is 1. The highest BCUT2D eigenvalue weighted by Crippen LogP contribution is 2.57. The number of nitrogens with two attached hydrogens (primary N) is 1. The lowest BCUT2D eigenvalue weighted by atomic mass is 9.54. The number of alkyl halides is 1. The summed E-state index contributed by atoms with van der Waals surface area (Å²) in [6.45, 7) is -0.0779. The molecule has 41 heavy (non-hydrogen) atoms. The molecule has 1 aromatic heterocycles. The Morgan fingerprint density at radius 1 is 1.15 bits per heavy atom. The monoisotopic (exact) mass is 560 g/mol. The van der Waals surface area contributed by atoms with Gasteiger partial charge in [-0.2, -0.15) is 0 Å². The Hall–Kier alpha value is -3.65. The van der Waals surface area contributed by atoms with Crippen LogP contribution in [-0.2, 0) is 16.6 Å². The SMILES string of the molecule is COc1ccccc1C(N)=C(COCC1(F)CCC2C(CC2c2ccc3c(C(=O)O)cn(C)c3c2)C1)C(=O)C1CC1. The Kier molecular flexibility index (Phi) is 7.14. The summed E-state index contributed by atoms with van der Waals surface area (Å²) in [6, 6.07) is 13.3. The average Bonchev–Trinajstić information content (AvgIpc) is 3.75. The fourth-order valence-electron chi connectivity index (χ4n) is 7.03. The smallest absolute Gasteiger partial charge is 0.337 e. The van der Waals surface area contributed by atoms with E-state index in [2.05, 4.69) is 6.07 Å². The standard InChI is InChI=1S/C33H37FN2O5/c1-36-16-26(32(38)39)23-10-9-20(14-28(23)36)25-13-21-15-33(34,12-11-22(21)25)18-41-17-27(31(37)19-7-8-19)30(35)24-5-3-4-6-29(24)40-2/h3-6,9-10,14,16,19,21-22,25H,7-8,11-13,15,17-18,35H2,1-2H3,(H,38,39). The summed E-state index contributed by atoms with van der Waals surface area (Å²) in [5.74, 6) is 0.643. The Balaban J connectivity index is 1.11. The topological polar surface area (TPSA) is 104 Å². The van der Waals surface area contributed by atoms with Crippen LogP contribution < -0.4 is 10.5 Å². The maximum absolute atomic E-state index is 16.0. The van der Waals surface area contributed by atoms with Gasteiger partial charge in [-0.25, -0.2) is 9.18 Å². The summed E-state index contributed by atoms with van der Waals surface area (Å²) in [5.41, 5.74) is 8.85. The Morgan fingerprint density at radius 2 is 1.93 bits per heavy atom. The molecular formula is C33H37FN2O5. The van der Waals surface area contributed by atoms with Crippen molar-refractivity contribution < 1.29 is 28.6 Å². The second-order valence-electron chi connectivity index (χ2n) is 12.1. The minimum Gasteiger partial charge on any atom is -0.496 e. The first-order valence-electron chi connectivity index (χ1n) is 14.4. The number of hydrogen-bond acceptors (Lipinski definition) is 5. The van der Waals surface area contributed by atoms with E-state index in [4.69, 9.17) is 15.2 Å². The van der Waals surface area contributed by atoms with Crippen LogP contribution in [0.15, 0.2) is 54.2 Å². The van der Waals surface area contributed by atoms with Gasteiger partial charge in [0.25, 0.3) is 0 Å². The molecule has 3 fully saturated rings. The highest BCUT2D eigenvalue weighted by molar-refractivity contribution is 6.05. The summed E-state index contributed by atoms with van der Waals surface area (Å²) in [7, 11) is 3.43. The van der Waals surface area contributed by atoms with Crippen LogP contribution in [0.5, 0.6) is 5.75 Å². The molecule has 0 bridgehead atoms. The number of hydrogen-bond donors (Lipinski definition) is 2. The number of para-hydroxylation sites is 1. The zero-order chi connectivity index (χ0) is 28.9. The minimum atomic E-state index is -1.43. The predicted molar refractivity (Wildman–Crippen MR) is 155 cm³/mol.